The van der Waals surface area contributed by atoms with Crippen LogP contribution in [-0.4, -0.2) is 46.3 Å². The third kappa shape index (κ3) is 3.66. The van der Waals surface area contributed by atoms with E-state index in [2.05, 4.69) is 5.32 Å². The SMILES string of the molecule is CC1(C2CCN(C(=O)C3=CCCC3)CC2)NC(=O)N(Cc2ccc(F)cc2)C1=O. The molecule has 2 heterocycles. The number of rotatable bonds is 4. The number of nitrogens with zero attached hydrogens (tertiary/aromatic N) is 2. The van der Waals surface area contributed by atoms with Crippen molar-refractivity contribution in [2.24, 2.45) is 5.92 Å². The maximum absolute atomic E-state index is 13.1. The van der Waals surface area contributed by atoms with Crippen LogP contribution in [0, 0.1) is 11.7 Å². The number of carbonyl (C=O) groups excluding carboxylic acids is 3. The molecule has 1 aliphatic carbocycles. The number of likely N-dealkylation sites (tertiary alicyclic amines) is 1. The lowest BCUT2D eigenvalue weighted by Crippen LogP contribution is -2.54. The molecule has 0 spiro atoms. The second kappa shape index (κ2) is 7.61. The van der Waals surface area contributed by atoms with Crippen molar-refractivity contribution in [3.63, 3.8) is 0 Å². The van der Waals surface area contributed by atoms with E-state index in [1.54, 1.807) is 19.1 Å². The highest BCUT2D eigenvalue weighted by Gasteiger charge is 2.52. The summed E-state index contributed by atoms with van der Waals surface area (Å²) in [6.45, 7) is 3.08. The molecule has 6 nitrogen and oxygen atoms in total. The summed E-state index contributed by atoms with van der Waals surface area (Å²) in [5.74, 6) is -0.523. The fraction of sp³-hybridized carbons (Fsp3) is 0.500. The maximum atomic E-state index is 13.1. The second-order valence-corrected chi connectivity index (χ2v) is 8.34. The Kier molecular flexibility index (Phi) is 5.15. The van der Waals surface area contributed by atoms with Crippen LogP contribution in [0.15, 0.2) is 35.9 Å². The Morgan fingerprint density at radius 1 is 1.21 bits per heavy atom. The van der Waals surface area contributed by atoms with Crippen LogP contribution >= 0.6 is 0 Å². The number of amides is 4. The summed E-state index contributed by atoms with van der Waals surface area (Å²) < 4.78 is 13.1. The average Bonchev–Trinajstić information content (AvgIpc) is 3.33. The van der Waals surface area contributed by atoms with Crippen molar-refractivity contribution in [3.05, 3.63) is 47.3 Å². The smallest absolute Gasteiger partial charge is 0.325 e. The van der Waals surface area contributed by atoms with Gasteiger partial charge in [-0.3, -0.25) is 14.5 Å². The number of urea groups is 1. The van der Waals surface area contributed by atoms with E-state index in [1.165, 1.54) is 17.0 Å². The highest BCUT2D eigenvalue weighted by atomic mass is 19.1. The van der Waals surface area contributed by atoms with Gasteiger partial charge in [0, 0.05) is 18.7 Å². The molecule has 0 aromatic heterocycles. The van der Waals surface area contributed by atoms with Gasteiger partial charge in [-0.05, 0) is 62.6 Å². The van der Waals surface area contributed by atoms with Gasteiger partial charge in [0.05, 0.1) is 6.54 Å². The van der Waals surface area contributed by atoms with E-state index in [0.717, 1.165) is 24.8 Å². The topological polar surface area (TPSA) is 69.7 Å². The first-order chi connectivity index (χ1) is 13.9. The molecule has 1 aromatic carbocycles. The van der Waals surface area contributed by atoms with Crippen molar-refractivity contribution in [2.75, 3.05) is 13.1 Å². The Morgan fingerprint density at radius 2 is 1.90 bits per heavy atom. The molecule has 1 unspecified atom stereocenters. The first-order valence-electron chi connectivity index (χ1n) is 10.3. The van der Waals surface area contributed by atoms with E-state index in [0.29, 0.717) is 31.5 Å². The fourth-order valence-electron chi connectivity index (χ4n) is 4.64. The van der Waals surface area contributed by atoms with Crippen LogP contribution in [0.3, 0.4) is 0 Å². The molecular formula is C22H26FN3O3. The van der Waals surface area contributed by atoms with Crippen molar-refractivity contribution in [3.8, 4) is 0 Å². The molecule has 154 valence electrons. The molecule has 1 atom stereocenters. The molecule has 3 aliphatic rings. The van der Waals surface area contributed by atoms with Crippen molar-refractivity contribution >= 4 is 17.8 Å². The quantitative estimate of drug-likeness (QED) is 0.792. The molecule has 1 N–H and O–H groups in total. The molecule has 2 saturated heterocycles. The Bertz CT molecular complexity index is 859. The summed E-state index contributed by atoms with van der Waals surface area (Å²) >= 11 is 0. The van der Waals surface area contributed by atoms with Crippen LogP contribution < -0.4 is 5.32 Å². The third-order valence-corrected chi connectivity index (χ3v) is 6.47. The predicted molar refractivity (Wildman–Crippen MR) is 105 cm³/mol. The van der Waals surface area contributed by atoms with Gasteiger partial charge in [-0.1, -0.05) is 18.2 Å². The van der Waals surface area contributed by atoms with Gasteiger partial charge in [-0.15, -0.1) is 0 Å². The summed E-state index contributed by atoms with van der Waals surface area (Å²) in [5.41, 5.74) is 0.633. The zero-order chi connectivity index (χ0) is 20.6. The highest BCUT2D eigenvalue weighted by molar-refractivity contribution is 6.07. The summed E-state index contributed by atoms with van der Waals surface area (Å²) in [4.78, 5) is 41.3. The first kappa shape index (κ1) is 19.6. The highest BCUT2D eigenvalue weighted by Crippen LogP contribution is 2.34. The Hall–Kier alpha value is -2.70. The Labute approximate surface area is 169 Å². The number of halogens is 1. The number of benzene rings is 1. The molecule has 2 aliphatic heterocycles. The van der Waals surface area contributed by atoms with Gasteiger partial charge in [0.25, 0.3) is 5.91 Å². The van der Waals surface area contributed by atoms with Crippen LogP contribution in [0.1, 0.15) is 44.6 Å². The van der Waals surface area contributed by atoms with E-state index >= 15 is 0 Å². The molecule has 1 aromatic rings. The number of piperidine rings is 1. The van der Waals surface area contributed by atoms with Gasteiger partial charge >= 0.3 is 6.03 Å². The number of allylic oxidation sites excluding steroid dienone is 1. The monoisotopic (exact) mass is 399 g/mol. The fourth-order valence-corrected chi connectivity index (χ4v) is 4.64. The number of hydrogen-bond acceptors (Lipinski definition) is 3. The first-order valence-corrected chi connectivity index (χ1v) is 10.3. The van der Waals surface area contributed by atoms with Gasteiger partial charge < -0.3 is 10.2 Å². The van der Waals surface area contributed by atoms with Gasteiger partial charge in [-0.25, -0.2) is 9.18 Å². The number of carbonyl (C=O) groups is 3. The van der Waals surface area contributed by atoms with E-state index in [4.69, 9.17) is 0 Å². The summed E-state index contributed by atoms with van der Waals surface area (Å²) in [6.07, 6.45) is 6.24. The number of imide groups is 1. The minimum atomic E-state index is -0.973. The molecule has 2 fully saturated rings. The molecular weight excluding hydrogens is 373 g/mol. The van der Waals surface area contributed by atoms with Crippen LogP contribution in [0.5, 0.6) is 0 Å². The van der Waals surface area contributed by atoms with Crippen LogP contribution in [0.2, 0.25) is 0 Å². The molecule has 4 amide bonds. The molecule has 0 radical (unpaired) electrons. The lowest BCUT2D eigenvalue weighted by molar-refractivity contribution is -0.134. The molecule has 29 heavy (non-hydrogen) atoms. The number of hydrogen-bond donors (Lipinski definition) is 1. The van der Waals surface area contributed by atoms with Crippen LogP contribution in [0.4, 0.5) is 9.18 Å². The van der Waals surface area contributed by atoms with Crippen molar-refractivity contribution in [2.45, 2.75) is 51.1 Å². The van der Waals surface area contributed by atoms with Crippen molar-refractivity contribution in [1.82, 2.24) is 15.1 Å². The molecule has 0 bridgehead atoms. The standard InChI is InChI=1S/C22H26FN3O3/c1-22(17-10-12-25(13-11-17)19(27)16-4-2-3-5-16)20(28)26(21(29)24-22)14-15-6-8-18(23)9-7-15/h4,6-9,17H,2-3,5,10-14H2,1H3,(H,24,29). The third-order valence-electron chi connectivity index (χ3n) is 6.47. The Balaban J connectivity index is 1.41. The van der Waals surface area contributed by atoms with Gasteiger partial charge in [0.15, 0.2) is 0 Å². The average molecular weight is 399 g/mol. The lowest BCUT2D eigenvalue weighted by Gasteiger charge is -2.39. The van der Waals surface area contributed by atoms with E-state index in [-0.39, 0.29) is 30.1 Å². The van der Waals surface area contributed by atoms with E-state index < -0.39 is 11.6 Å². The van der Waals surface area contributed by atoms with Gasteiger partial charge in [-0.2, -0.15) is 0 Å². The van der Waals surface area contributed by atoms with Crippen LogP contribution in [-0.2, 0) is 16.1 Å². The zero-order valence-corrected chi connectivity index (χ0v) is 16.6. The lowest BCUT2D eigenvalue weighted by atomic mass is 9.78. The van der Waals surface area contributed by atoms with Crippen molar-refractivity contribution in [1.29, 1.82) is 0 Å². The van der Waals surface area contributed by atoms with Gasteiger partial charge in [0.1, 0.15) is 11.4 Å². The maximum Gasteiger partial charge on any atom is 0.325 e. The largest absolute Gasteiger partial charge is 0.339 e. The number of nitrogens with one attached hydrogen (secondary N) is 1. The second-order valence-electron chi connectivity index (χ2n) is 8.34. The Morgan fingerprint density at radius 3 is 2.52 bits per heavy atom. The minimum absolute atomic E-state index is 0.0289. The molecule has 7 heteroatoms. The zero-order valence-electron chi connectivity index (χ0n) is 16.6. The van der Waals surface area contributed by atoms with E-state index in [9.17, 15) is 18.8 Å². The predicted octanol–water partition coefficient (Wildman–Crippen LogP) is 2.99. The minimum Gasteiger partial charge on any atom is -0.339 e. The molecule has 4 rings (SSSR count). The van der Waals surface area contributed by atoms with Crippen molar-refractivity contribution < 1.29 is 18.8 Å². The normalized spacial score (nSPS) is 25.4. The molecule has 0 saturated carbocycles. The van der Waals surface area contributed by atoms with Gasteiger partial charge in [0.2, 0.25) is 5.91 Å². The summed E-state index contributed by atoms with van der Waals surface area (Å²) in [5, 5.41) is 2.88. The summed E-state index contributed by atoms with van der Waals surface area (Å²) in [6, 6.07) is 5.37. The van der Waals surface area contributed by atoms with Crippen LogP contribution in [0.25, 0.3) is 0 Å². The summed E-state index contributed by atoms with van der Waals surface area (Å²) in [7, 11) is 0. The van der Waals surface area contributed by atoms with E-state index in [1.807, 2.05) is 11.0 Å².